The first-order chi connectivity index (χ1) is 6.75. The number of benzene rings is 1. The molecule has 0 atom stereocenters. The van der Waals surface area contributed by atoms with Crippen molar-refractivity contribution >= 4 is 17.1 Å². The number of rotatable bonds is 1. The molecule has 0 bridgehead atoms. The van der Waals surface area contributed by atoms with E-state index in [0.717, 1.165) is 10.9 Å². The van der Waals surface area contributed by atoms with Crippen LogP contribution in [0.1, 0.15) is 0 Å². The quantitative estimate of drug-likeness (QED) is 0.699. The summed E-state index contributed by atoms with van der Waals surface area (Å²) in [7, 11) is 0. The fourth-order valence-corrected chi connectivity index (χ4v) is 1.21. The van der Waals surface area contributed by atoms with Crippen molar-refractivity contribution in [1.82, 2.24) is 4.98 Å². The van der Waals surface area contributed by atoms with E-state index < -0.39 is 6.16 Å². The van der Waals surface area contributed by atoms with E-state index in [1.54, 1.807) is 6.07 Å². The van der Waals surface area contributed by atoms with Gasteiger partial charge in [-0.3, -0.25) is 4.98 Å². The average Bonchev–Trinajstić information content (AvgIpc) is 2.17. The van der Waals surface area contributed by atoms with Crippen molar-refractivity contribution in [3.8, 4) is 5.75 Å². The third-order valence-corrected chi connectivity index (χ3v) is 1.77. The summed E-state index contributed by atoms with van der Waals surface area (Å²) in [5.41, 5.74) is 0.810. The van der Waals surface area contributed by atoms with Crippen LogP contribution in [0.3, 0.4) is 0 Å². The van der Waals surface area contributed by atoms with E-state index in [0.29, 0.717) is 0 Å². The molecule has 0 amide bonds. The largest absolute Gasteiger partial charge is 0.511 e. The lowest BCUT2D eigenvalue weighted by atomic mass is 10.2. The molecule has 4 nitrogen and oxygen atoms in total. The van der Waals surface area contributed by atoms with Gasteiger partial charge in [0.1, 0.15) is 0 Å². The molecule has 0 radical (unpaired) electrons. The lowest BCUT2D eigenvalue weighted by Gasteiger charge is -2.00. The first-order valence-corrected chi connectivity index (χ1v) is 4.01. The highest BCUT2D eigenvalue weighted by atomic mass is 16.7. The molecule has 1 heterocycles. The SMILES string of the molecule is O=C(O)Oc1cnc2ccccc2c1. The normalized spacial score (nSPS) is 10.0. The number of para-hydroxylation sites is 1. The minimum Gasteiger partial charge on any atom is -0.449 e. The van der Waals surface area contributed by atoms with Crippen molar-refractivity contribution in [3.63, 3.8) is 0 Å². The molecule has 1 aromatic carbocycles. The van der Waals surface area contributed by atoms with Gasteiger partial charge in [0.2, 0.25) is 0 Å². The van der Waals surface area contributed by atoms with E-state index in [9.17, 15) is 4.79 Å². The molecule has 0 saturated carbocycles. The van der Waals surface area contributed by atoms with Crippen molar-refractivity contribution in [2.75, 3.05) is 0 Å². The van der Waals surface area contributed by atoms with Gasteiger partial charge in [-0.15, -0.1) is 0 Å². The summed E-state index contributed by atoms with van der Waals surface area (Å²) >= 11 is 0. The Labute approximate surface area is 79.8 Å². The monoisotopic (exact) mass is 189 g/mol. The Morgan fingerprint density at radius 1 is 1.36 bits per heavy atom. The number of aromatic nitrogens is 1. The maximum atomic E-state index is 10.3. The highest BCUT2D eigenvalue weighted by molar-refractivity contribution is 5.80. The zero-order valence-electron chi connectivity index (χ0n) is 7.18. The number of hydrogen-bond donors (Lipinski definition) is 1. The smallest absolute Gasteiger partial charge is 0.449 e. The van der Waals surface area contributed by atoms with Crippen LogP contribution in [-0.4, -0.2) is 16.2 Å². The number of carbonyl (C=O) groups is 1. The highest BCUT2D eigenvalue weighted by Gasteiger charge is 2.01. The van der Waals surface area contributed by atoms with Gasteiger partial charge < -0.3 is 9.84 Å². The molecule has 0 fully saturated rings. The van der Waals surface area contributed by atoms with Gasteiger partial charge in [-0.2, -0.15) is 0 Å². The fourth-order valence-electron chi connectivity index (χ4n) is 1.21. The summed E-state index contributed by atoms with van der Waals surface area (Å²) in [6, 6.07) is 9.05. The fraction of sp³-hybridized carbons (Fsp3) is 0. The second-order valence-electron chi connectivity index (χ2n) is 2.73. The molecule has 0 spiro atoms. The molecule has 0 aliphatic heterocycles. The van der Waals surface area contributed by atoms with Crippen LogP contribution in [0, 0.1) is 0 Å². The van der Waals surface area contributed by atoms with Crippen molar-refractivity contribution in [2.24, 2.45) is 0 Å². The van der Waals surface area contributed by atoms with Crippen LogP contribution >= 0.6 is 0 Å². The minimum absolute atomic E-state index is 0.233. The van der Waals surface area contributed by atoms with Gasteiger partial charge in [-0.1, -0.05) is 18.2 Å². The van der Waals surface area contributed by atoms with Crippen molar-refractivity contribution in [2.45, 2.75) is 0 Å². The summed E-state index contributed by atoms with van der Waals surface area (Å²) < 4.78 is 4.48. The molecule has 0 aliphatic carbocycles. The van der Waals surface area contributed by atoms with Crippen LogP contribution in [0.2, 0.25) is 0 Å². The van der Waals surface area contributed by atoms with Crippen molar-refractivity contribution in [1.29, 1.82) is 0 Å². The molecule has 0 unspecified atom stereocenters. The van der Waals surface area contributed by atoms with Crippen molar-refractivity contribution in [3.05, 3.63) is 36.5 Å². The number of pyridine rings is 1. The molecule has 2 aromatic rings. The molecular formula is C10H7NO3. The van der Waals surface area contributed by atoms with Gasteiger partial charge in [0.05, 0.1) is 11.7 Å². The maximum Gasteiger partial charge on any atom is 0.511 e. The molecule has 2 rings (SSSR count). The van der Waals surface area contributed by atoms with Crippen LogP contribution in [0.4, 0.5) is 4.79 Å². The molecular weight excluding hydrogens is 182 g/mol. The van der Waals surface area contributed by atoms with Crippen LogP contribution < -0.4 is 4.74 Å². The summed E-state index contributed by atoms with van der Waals surface area (Å²) in [6.45, 7) is 0. The molecule has 4 heteroatoms. The van der Waals surface area contributed by atoms with Gasteiger partial charge in [0.25, 0.3) is 0 Å². The average molecular weight is 189 g/mol. The summed E-state index contributed by atoms with van der Waals surface area (Å²) in [5, 5.41) is 9.24. The Hall–Kier alpha value is -2.10. The second-order valence-corrected chi connectivity index (χ2v) is 2.73. The van der Waals surface area contributed by atoms with Crippen LogP contribution in [0.15, 0.2) is 36.5 Å². The van der Waals surface area contributed by atoms with E-state index in [4.69, 9.17) is 5.11 Å². The standard InChI is InChI=1S/C10H7NO3/c12-10(13)14-8-5-7-3-1-2-4-9(7)11-6-8/h1-6H,(H,12,13). The highest BCUT2D eigenvalue weighted by Crippen LogP contribution is 2.17. The van der Waals surface area contributed by atoms with E-state index in [-0.39, 0.29) is 5.75 Å². The zero-order chi connectivity index (χ0) is 9.97. The topological polar surface area (TPSA) is 59.4 Å². The lowest BCUT2D eigenvalue weighted by Crippen LogP contribution is -2.02. The predicted molar refractivity (Wildman–Crippen MR) is 50.4 cm³/mol. The Morgan fingerprint density at radius 3 is 2.93 bits per heavy atom. The van der Waals surface area contributed by atoms with Gasteiger partial charge in [0.15, 0.2) is 5.75 Å². The van der Waals surface area contributed by atoms with Crippen LogP contribution in [-0.2, 0) is 0 Å². The van der Waals surface area contributed by atoms with E-state index in [1.165, 1.54) is 6.20 Å². The third kappa shape index (κ3) is 1.64. The summed E-state index contributed by atoms with van der Waals surface area (Å²) in [4.78, 5) is 14.3. The third-order valence-electron chi connectivity index (χ3n) is 1.77. The van der Waals surface area contributed by atoms with Crippen LogP contribution in [0.5, 0.6) is 5.75 Å². The number of carboxylic acid groups (broad SMARTS) is 1. The molecule has 0 saturated heterocycles. The predicted octanol–water partition coefficient (Wildman–Crippen LogP) is 2.29. The summed E-state index contributed by atoms with van der Waals surface area (Å²) in [6.07, 6.45) is 0.0540. The Kier molecular flexibility index (Phi) is 2.02. The zero-order valence-corrected chi connectivity index (χ0v) is 7.18. The number of hydrogen-bond acceptors (Lipinski definition) is 3. The Balaban J connectivity index is 2.46. The molecule has 1 N–H and O–H groups in total. The Morgan fingerprint density at radius 2 is 2.14 bits per heavy atom. The van der Waals surface area contributed by atoms with Gasteiger partial charge in [0, 0.05) is 5.39 Å². The van der Waals surface area contributed by atoms with Crippen molar-refractivity contribution < 1.29 is 14.6 Å². The van der Waals surface area contributed by atoms with Crippen LogP contribution in [0.25, 0.3) is 10.9 Å². The van der Waals surface area contributed by atoms with E-state index in [1.807, 2.05) is 24.3 Å². The number of nitrogens with zero attached hydrogens (tertiary/aromatic N) is 1. The second kappa shape index (κ2) is 3.33. The molecule has 14 heavy (non-hydrogen) atoms. The number of fused-ring (bicyclic) bond motifs is 1. The van der Waals surface area contributed by atoms with Gasteiger partial charge in [-0.25, -0.2) is 4.79 Å². The Bertz CT molecular complexity index is 482. The molecule has 1 aromatic heterocycles. The number of ether oxygens (including phenoxy) is 1. The lowest BCUT2D eigenvalue weighted by molar-refractivity contribution is 0.144. The van der Waals surface area contributed by atoms with E-state index >= 15 is 0 Å². The molecule has 0 aliphatic rings. The van der Waals surface area contributed by atoms with Gasteiger partial charge >= 0.3 is 6.16 Å². The maximum absolute atomic E-state index is 10.3. The molecule has 70 valence electrons. The first-order valence-electron chi connectivity index (χ1n) is 4.01. The summed E-state index contributed by atoms with van der Waals surface area (Å²) in [5.74, 6) is 0.233. The van der Waals surface area contributed by atoms with E-state index in [2.05, 4.69) is 9.72 Å². The minimum atomic E-state index is -1.33. The van der Waals surface area contributed by atoms with Gasteiger partial charge in [-0.05, 0) is 12.1 Å². The first kappa shape index (κ1) is 8.50.